The van der Waals surface area contributed by atoms with Crippen LogP contribution >= 0.6 is 0 Å². The Morgan fingerprint density at radius 3 is 2.80 bits per heavy atom. The minimum atomic E-state index is 0.500. The number of pyridine rings is 2. The molecule has 0 aliphatic heterocycles. The molecule has 3 aromatic rings. The lowest BCUT2D eigenvalue weighted by atomic mass is 10.2. The molecule has 0 saturated carbocycles. The number of hydrogen-bond donors (Lipinski definition) is 1. The molecule has 3 heterocycles. The second-order valence-electron chi connectivity index (χ2n) is 4.69. The van der Waals surface area contributed by atoms with E-state index in [9.17, 15) is 0 Å². The normalized spacial score (nSPS) is 11.1. The van der Waals surface area contributed by atoms with Crippen molar-refractivity contribution in [1.29, 1.82) is 0 Å². The monoisotopic (exact) mass is 267 g/mol. The third kappa shape index (κ3) is 2.16. The van der Waals surface area contributed by atoms with Gasteiger partial charge in [-0.3, -0.25) is 4.98 Å². The second kappa shape index (κ2) is 5.38. The summed E-state index contributed by atoms with van der Waals surface area (Å²) in [4.78, 5) is 13.6. The summed E-state index contributed by atoms with van der Waals surface area (Å²) in [7, 11) is 0. The minimum absolute atomic E-state index is 0.500. The zero-order chi connectivity index (χ0) is 13.9. The van der Waals surface area contributed by atoms with E-state index in [1.54, 1.807) is 12.4 Å². The van der Waals surface area contributed by atoms with Crippen LogP contribution in [-0.2, 0) is 13.1 Å². The first-order valence-corrected chi connectivity index (χ1v) is 6.80. The molecule has 0 atom stereocenters. The minimum Gasteiger partial charge on any atom is -0.326 e. The van der Waals surface area contributed by atoms with Crippen molar-refractivity contribution in [3.8, 4) is 11.5 Å². The Bertz CT molecular complexity index is 715. The standard InChI is InChI=1S/C15H17N5/c1-2-8-20-14-13(4-3-7-17-14)19-15(20)12-6-5-11(9-16)10-18-12/h3-7,10H,2,8-9,16H2,1H3. The molecule has 5 heteroatoms. The van der Waals surface area contributed by atoms with E-state index in [0.29, 0.717) is 6.54 Å². The van der Waals surface area contributed by atoms with Crippen LogP contribution in [0.3, 0.4) is 0 Å². The van der Waals surface area contributed by atoms with Gasteiger partial charge in [0.25, 0.3) is 0 Å². The smallest absolute Gasteiger partial charge is 0.161 e. The molecule has 0 aliphatic rings. The van der Waals surface area contributed by atoms with Crippen LogP contribution in [0.4, 0.5) is 0 Å². The predicted molar refractivity (Wildman–Crippen MR) is 78.9 cm³/mol. The molecule has 3 rings (SSSR count). The van der Waals surface area contributed by atoms with Crippen molar-refractivity contribution in [3.05, 3.63) is 42.2 Å². The van der Waals surface area contributed by atoms with Gasteiger partial charge >= 0.3 is 0 Å². The van der Waals surface area contributed by atoms with E-state index in [4.69, 9.17) is 5.73 Å². The van der Waals surface area contributed by atoms with E-state index in [1.165, 1.54) is 0 Å². The summed E-state index contributed by atoms with van der Waals surface area (Å²) in [6, 6.07) is 7.84. The van der Waals surface area contributed by atoms with Crippen LogP contribution in [0.15, 0.2) is 36.7 Å². The number of nitrogens with two attached hydrogens (primary N) is 1. The molecule has 5 nitrogen and oxygen atoms in total. The summed E-state index contributed by atoms with van der Waals surface area (Å²) in [6.07, 6.45) is 4.62. The fourth-order valence-corrected chi connectivity index (χ4v) is 2.27. The summed E-state index contributed by atoms with van der Waals surface area (Å²) in [5.74, 6) is 0.865. The van der Waals surface area contributed by atoms with E-state index in [0.717, 1.165) is 41.2 Å². The molecule has 2 N–H and O–H groups in total. The lowest BCUT2D eigenvalue weighted by Gasteiger charge is -2.06. The Hall–Kier alpha value is -2.27. The average Bonchev–Trinajstić information content (AvgIpc) is 2.87. The Morgan fingerprint density at radius 2 is 2.10 bits per heavy atom. The van der Waals surface area contributed by atoms with Crippen LogP contribution in [0.1, 0.15) is 18.9 Å². The molecule has 0 radical (unpaired) electrons. The van der Waals surface area contributed by atoms with E-state index in [1.807, 2.05) is 24.3 Å². The summed E-state index contributed by atoms with van der Waals surface area (Å²) in [6.45, 7) is 3.52. The van der Waals surface area contributed by atoms with E-state index in [2.05, 4.69) is 26.4 Å². The maximum absolute atomic E-state index is 5.61. The van der Waals surface area contributed by atoms with Gasteiger partial charge in [-0.1, -0.05) is 13.0 Å². The van der Waals surface area contributed by atoms with Gasteiger partial charge in [0.1, 0.15) is 11.2 Å². The summed E-state index contributed by atoms with van der Waals surface area (Å²) < 4.78 is 2.12. The summed E-state index contributed by atoms with van der Waals surface area (Å²) in [5.41, 5.74) is 9.29. The first kappa shape index (κ1) is 12.7. The average molecular weight is 267 g/mol. The Labute approximate surface area is 117 Å². The molecule has 0 fully saturated rings. The molecule has 20 heavy (non-hydrogen) atoms. The number of aryl methyl sites for hydroxylation is 1. The van der Waals surface area contributed by atoms with Crippen molar-refractivity contribution < 1.29 is 0 Å². The van der Waals surface area contributed by atoms with E-state index >= 15 is 0 Å². The number of hydrogen-bond acceptors (Lipinski definition) is 4. The number of nitrogens with zero attached hydrogens (tertiary/aromatic N) is 4. The molecule has 3 aromatic heterocycles. The molecule has 0 aromatic carbocycles. The topological polar surface area (TPSA) is 69.6 Å². The van der Waals surface area contributed by atoms with Gasteiger partial charge in [0, 0.05) is 25.5 Å². The molecule has 102 valence electrons. The van der Waals surface area contributed by atoms with Gasteiger partial charge in [0.15, 0.2) is 11.5 Å². The van der Waals surface area contributed by atoms with Gasteiger partial charge in [0.2, 0.25) is 0 Å². The maximum atomic E-state index is 5.61. The van der Waals surface area contributed by atoms with Gasteiger partial charge in [-0.2, -0.15) is 0 Å². The molecule has 0 aliphatic carbocycles. The lowest BCUT2D eigenvalue weighted by molar-refractivity contribution is 0.697. The highest BCUT2D eigenvalue weighted by Gasteiger charge is 2.13. The SMILES string of the molecule is CCCn1c(-c2ccc(CN)cn2)nc2cccnc21. The highest BCUT2D eigenvalue weighted by molar-refractivity contribution is 5.76. The Morgan fingerprint density at radius 1 is 1.20 bits per heavy atom. The third-order valence-electron chi connectivity index (χ3n) is 3.24. The third-order valence-corrected chi connectivity index (χ3v) is 3.24. The highest BCUT2D eigenvalue weighted by atomic mass is 15.1. The lowest BCUT2D eigenvalue weighted by Crippen LogP contribution is -2.02. The number of aromatic nitrogens is 4. The summed E-state index contributed by atoms with van der Waals surface area (Å²) in [5, 5.41) is 0. The fraction of sp³-hybridized carbons (Fsp3) is 0.267. The van der Waals surface area contributed by atoms with Gasteiger partial charge in [-0.15, -0.1) is 0 Å². The van der Waals surface area contributed by atoms with Crippen LogP contribution in [0.25, 0.3) is 22.7 Å². The zero-order valence-electron chi connectivity index (χ0n) is 11.5. The van der Waals surface area contributed by atoms with Crippen molar-refractivity contribution in [2.75, 3.05) is 0 Å². The Balaban J connectivity index is 2.15. The van der Waals surface area contributed by atoms with Crippen molar-refractivity contribution in [2.24, 2.45) is 5.73 Å². The van der Waals surface area contributed by atoms with Crippen molar-refractivity contribution >= 4 is 11.2 Å². The molecule has 0 unspecified atom stereocenters. The van der Waals surface area contributed by atoms with Crippen LogP contribution in [0.5, 0.6) is 0 Å². The first-order valence-electron chi connectivity index (χ1n) is 6.80. The van der Waals surface area contributed by atoms with Gasteiger partial charge in [-0.05, 0) is 30.2 Å². The first-order chi connectivity index (χ1) is 9.83. The van der Waals surface area contributed by atoms with Crippen LogP contribution in [-0.4, -0.2) is 19.5 Å². The van der Waals surface area contributed by atoms with Crippen LogP contribution in [0, 0.1) is 0 Å². The van der Waals surface area contributed by atoms with Gasteiger partial charge < -0.3 is 10.3 Å². The highest BCUT2D eigenvalue weighted by Crippen LogP contribution is 2.22. The molecule has 0 amide bonds. The fourth-order valence-electron chi connectivity index (χ4n) is 2.27. The van der Waals surface area contributed by atoms with Crippen molar-refractivity contribution in [2.45, 2.75) is 26.4 Å². The number of imidazole rings is 1. The quantitative estimate of drug-likeness (QED) is 0.787. The molecular weight excluding hydrogens is 250 g/mol. The van der Waals surface area contributed by atoms with E-state index in [-0.39, 0.29) is 0 Å². The van der Waals surface area contributed by atoms with Crippen molar-refractivity contribution in [3.63, 3.8) is 0 Å². The second-order valence-corrected chi connectivity index (χ2v) is 4.69. The van der Waals surface area contributed by atoms with Crippen molar-refractivity contribution in [1.82, 2.24) is 19.5 Å². The largest absolute Gasteiger partial charge is 0.326 e. The van der Waals surface area contributed by atoms with Crippen LogP contribution < -0.4 is 5.73 Å². The Kier molecular flexibility index (Phi) is 3.43. The van der Waals surface area contributed by atoms with E-state index < -0.39 is 0 Å². The summed E-state index contributed by atoms with van der Waals surface area (Å²) >= 11 is 0. The number of fused-ring (bicyclic) bond motifs is 1. The molecule has 0 spiro atoms. The molecular formula is C15H17N5. The molecule has 0 bridgehead atoms. The number of rotatable bonds is 4. The maximum Gasteiger partial charge on any atom is 0.161 e. The predicted octanol–water partition coefficient (Wildman–Crippen LogP) is 2.36. The van der Waals surface area contributed by atoms with Gasteiger partial charge in [-0.25, -0.2) is 9.97 Å². The molecule has 0 saturated heterocycles. The zero-order valence-corrected chi connectivity index (χ0v) is 11.5. The van der Waals surface area contributed by atoms with Crippen LogP contribution in [0.2, 0.25) is 0 Å². The van der Waals surface area contributed by atoms with Gasteiger partial charge in [0.05, 0.1) is 0 Å².